The van der Waals surface area contributed by atoms with Crippen LogP contribution in [0.3, 0.4) is 0 Å². The third-order valence-corrected chi connectivity index (χ3v) is 6.92. The van der Waals surface area contributed by atoms with Crippen LogP contribution in [0, 0.1) is 6.92 Å². The molecule has 0 aromatic carbocycles. The smallest absolute Gasteiger partial charge is 0.214 e. The number of aryl methyl sites for hydroxylation is 1. The zero-order valence-electron chi connectivity index (χ0n) is 15.3. The predicted octanol–water partition coefficient (Wildman–Crippen LogP) is 3.10. The van der Waals surface area contributed by atoms with Crippen LogP contribution < -0.4 is 5.73 Å². The maximum atomic E-state index is 11.7. The molecule has 6 nitrogen and oxygen atoms in total. The van der Waals surface area contributed by atoms with Crippen LogP contribution in [0.5, 0.6) is 0 Å². The minimum absolute atomic E-state index is 0.0427. The van der Waals surface area contributed by atoms with Crippen molar-refractivity contribution in [1.82, 2.24) is 9.88 Å². The molecule has 2 rings (SSSR count). The molecule has 1 fully saturated rings. The van der Waals surface area contributed by atoms with Gasteiger partial charge in [-0.25, -0.2) is 4.98 Å². The van der Waals surface area contributed by atoms with E-state index in [1.165, 1.54) is 0 Å². The molecule has 3 N–H and O–H groups in total. The van der Waals surface area contributed by atoms with Gasteiger partial charge < -0.3 is 20.5 Å². The third-order valence-electron chi connectivity index (χ3n) is 4.23. The van der Waals surface area contributed by atoms with Gasteiger partial charge in [-0.2, -0.15) is 0 Å². The standard InChI is InChI=1S/C18H27N3O3S2/c1-13-5-6-15(18(19)20-13)10-21(12-23)14(2)17(7-8-22)26-25-11-16-4-3-9-24-16/h5-6,12,16,22H,3-4,7-11H2,1-2H3,(H2,19,20)/b17-14-. The second-order valence-corrected chi connectivity index (χ2v) is 8.65. The van der Waals surface area contributed by atoms with E-state index in [2.05, 4.69) is 4.98 Å². The Hall–Kier alpha value is -1.22. The number of aliphatic hydroxyl groups excluding tert-OH is 1. The summed E-state index contributed by atoms with van der Waals surface area (Å²) < 4.78 is 5.64. The lowest BCUT2D eigenvalue weighted by molar-refractivity contribution is -0.116. The summed E-state index contributed by atoms with van der Waals surface area (Å²) in [6.07, 6.45) is 3.85. The van der Waals surface area contributed by atoms with Gasteiger partial charge in [0.05, 0.1) is 12.6 Å². The average Bonchev–Trinajstić information content (AvgIpc) is 3.13. The molecule has 0 spiro atoms. The second kappa shape index (κ2) is 10.8. The van der Waals surface area contributed by atoms with Crippen molar-refractivity contribution >= 4 is 33.8 Å². The minimum atomic E-state index is 0.0427. The molecule has 2 heterocycles. The van der Waals surface area contributed by atoms with Crippen LogP contribution in [0.4, 0.5) is 5.82 Å². The quantitative estimate of drug-likeness (QED) is 0.463. The van der Waals surface area contributed by atoms with Gasteiger partial charge in [0.15, 0.2) is 0 Å². The van der Waals surface area contributed by atoms with Crippen molar-refractivity contribution in [2.24, 2.45) is 0 Å². The maximum Gasteiger partial charge on any atom is 0.214 e. The number of carbonyl (C=O) groups excluding carboxylic acids is 1. The Balaban J connectivity index is 2.05. The van der Waals surface area contributed by atoms with Gasteiger partial charge in [0.1, 0.15) is 5.82 Å². The van der Waals surface area contributed by atoms with Gasteiger partial charge in [0.2, 0.25) is 6.41 Å². The van der Waals surface area contributed by atoms with E-state index in [0.29, 0.717) is 24.9 Å². The van der Waals surface area contributed by atoms with Gasteiger partial charge in [-0.05, 0) is 32.8 Å². The molecule has 144 valence electrons. The van der Waals surface area contributed by atoms with E-state index in [-0.39, 0.29) is 6.61 Å². The number of hydrogen-bond donors (Lipinski definition) is 2. The fourth-order valence-electron chi connectivity index (χ4n) is 2.66. The molecule has 1 aliphatic rings. The summed E-state index contributed by atoms with van der Waals surface area (Å²) in [5.41, 5.74) is 8.46. The number of carbonyl (C=O) groups is 1. The number of ether oxygens (including phenoxy) is 1. The SMILES string of the molecule is C/C(=C(\CCO)SSCC1CCCO1)N(C=O)Cc1ccc(C)nc1N. The van der Waals surface area contributed by atoms with Crippen LogP contribution >= 0.6 is 21.6 Å². The Bertz CT molecular complexity index is 634. The van der Waals surface area contributed by atoms with Gasteiger partial charge in [-0.3, -0.25) is 4.79 Å². The molecule has 8 heteroatoms. The number of nitrogens with zero attached hydrogens (tertiary/aromatic N) is 2. The maximum absolute atomic E-state index is 11.7. The van der Waals surface area contributed by atoms with Crippen LogP contribution in [-0.4, -0.2) is 46.5 Å². The number of nitrogens with two attached hydrogens (primary N) is 1. The van der Waals surface area contributed by atoms with Crippen molar-refractivity contribution in [3.05, 3.63) is 34.0 Å². The Labute approximate surface area is 163 Å². The van der Waals surface area contributed by atoms with Gasteiger partial charge in [-0.1, -0.05) is 27.7 Å². The van der Waals surface area contributed by atoms with Crippen molar-refractivity contribution in [1.29, 1.82) is 0 Å². The number of allylic oxidation sites excluding steroid dienone is 1. The van der Waals surface area contributed by atoms with E-state index in [0.717, 1.165) is 53.5 Å². The predicted molar refractivity (Wildman–Crippen MR) is 108 cm³/mol. The molecule has 1 unspecified atom stereocenters. The van der Waals surface area contributed by atoms with Crippen LogP contribution in [0.15, 0.2) is 22.7 Å². The summed E-state index contributed by atoms with van der Waals surface area (Å²) in [6.45, 7) is 5.03. The van der Waals surface area contributed by atoms with Crippen LogP contribution in [0.2, 0.25) is 0 Å². The first-order chi connectivity index (χ1) is 12.5. The highest BCUT2D eigenvalue weighted by atomic mass is 33.1. The highest BCUT2D eigenvalue weighted by Gasteiger charge is 2.17. The third kappa shape index (κ3) is 6.19. The van der Waals surface area contributed by atoms with Gasteiger partial charge in [-0.15, -0.1) is 0 Å². The molecule has 1 saturated heterocycles. The average molecular weight is 398 g/mol. The number of pyridine rings is 1. The zero-order chi connectivity index (χ0) is 18.9. The molecule has 1 aliphatic heterocycles. The van der Waals surface area contributed by atoms with E-state index in [4.69, 9.17) is 10.5 Å². The number of anilines is 1. The fraction of sp³-hybridized carbons (Fsp3) is 0.556. The number of hydrogen-bond acceptors (Lipinski definition) is 7. The fourth-order valence-corrected chi connectivity index (χ4v) is 5.39. The highest BCUT2D eigenvalue weighted by molar-refractivity contribution is 8.78. The number of aliphatic hydroxyl groups is 1. The molecule has 1 aromatic rings. The van der Waals surface area contributed by atoms with Crippen LogP contribution in [-0.2, 0) is 16.1 Å². The molecular weight excluding hydrogens is 370 g/mol. The topological polar surface area (TPSA) is 88.7 Å². The van der Waals surface area contributed by atoms with Crippen molar-refractivity contribution < 1.29 is 14.6 Å². The monoisotopic (exact) mass is 397 g/mol. The minimum Gasteiger partial charge on any atom is -0.396 e. The number of nitrogen functional groups attached to an aromatic ring is 1. The van der Waals surface area contributed by atoms with Crippen molar-refractivity contribution in [3.63, 3.8) is 0 Å². The summed E-state index contributed by atoms with van der Waals surface area (Å²) in [5.74, 6) is 1.34. The summed E-state index contributed by atoms with van der Waals surface area (Å²) in [6, 6.07) is 3.78. The summed E-state index contributed by atoms with van der Waals surface area (Å²) in [7, 11) is 3.32. The van der Waals surface area contributed by atoms with E-state index in [1.54, 1.807) is 26.5 Å². The summed E-state index contributed by atoms with van der Waals surface area (Å²) >= 11 is 0. The summed E-state index contributed by atoms with van der Waals surface area (Å²) in [4.78, 5) is 18.5. The zero-order valence-corrected chi connectivity index (χ0v) is 16.9. The Kier molecular flexibility index (Phi) is 8.77. The molecule has 0 bridgehead atoms. The van der Waals surface area contributed by atoms with Crippen molar-refractivity contribution in [2.75, 3.05) is 24.7 Å². The molecule has 1 aromatic heterocycles. The number of aromatic nitrogens is 1. The first-order valence-electron chi connectivity index (χ1n) is 8.70. The molecule has 1 atom stereocenters. The molecule has 26 heavy (non-hydrogen) atoms. The molecule has 1 amide bonds. The lowest BCUT2D eigenvalue weighted by atomic mass is 10.2. The first-order valence-corrected chi connectivity index (χ1v) is 11.0. The lowest BCUT2D eigenvalue weighted by Gasteiger charge is -2.22. The normalized spacial score (nSPS) is 17.9. The van der Waals surface area contributed by atoms with Crippen LogP contribution in [0.1, 0.15) is 37.4 Å². The molecule has 0 radical (unpaired) electrons. The Morgan fingerprint density at radius 2 is 2.35 bits per heavy atom. The molecule has 0 saturated carbocycles. The van der Waals surface area contributed by atoms with Crippen molar-refractivity contribution in [2.45, 2.75) is 45.8 Å². The largest absolute Gasteiger partial charge is 0.396 e. The van der Waals surface area contributed by atoms with E-state index >= 15 is 0 Å². The van der Waals surface area contributed by atoms with E-state index in [9.17, 15) is 9.90 Å². The molecular formula is C18H27N3O3S2. The second-order valence-electron chi connectivity index (χ2n) is 6.22. The Morgan fingerprint density at radius 3 is 2.96 bits per heavy atom. The van der Waals surface area contributed by atoms with Crippen LogP contribution in [0.25, 0.3) is 0 Å². The van der Waals surface area contributed by atoms with Crippen molar-refractivity contribution in [3.8, 4) is 0 Å². The Morgan fingerprint density at radius 1 is 1.54 bits per heavy atom. The van der Waals surface area contributed by atoms with Gasteiger partial charge in [0.25, 0.3) is 0 Å². The number of amides is 1. The highest BCUT2D eigenvalue weighted by Crippen LogP contribution is 2.37. The van der Waals surface area contributed by atoms with Gasteiger partial charge >= 0.3 is 0 Å². The lowest BCUT2D eigenvalue weighted by Crippen LogP contribution is -2.21. The van der Waals surface area contributed by atoms with Gasteiger partial charge in [0, 0.05) is 47.2 Å². The number of rotatable bonds is 10. The molecule has 0 aliphatic carbocycles. The summed E-state index contributed by atoms with van der Waals surface area (Å²) in [5, 5.41) is 9.40. The first kappa shape index (κ1) is 21.1. The van der Waals surface area contributed by atoms with E-state index < -0.39 is 0 Å². The van der Waals surface area contributed by atoms with E-state index in [1.807, 2.05) is 26.0 Å².